The van der Waals surface area contributed by atoms with Gasteiger partial charge < -0.3 is 9.64 Å². The van der Waals surface area contributed by atoms with Crippen molar-refractivity contribution in [1.82, 2.24) is 4.90 Å². The molecule has 1 unspecified atom stereocenters. The minimum absolute atomic E-state index is 0.155. The summed E-state index contributed by atoms with van der Waals surface area (Å²) in [7, 11) is 1.58. The van der Waals surface area contributed by atoms with E-state index in [2.05, 4.69) is 0 Å². The number of amides is 3. The number of rotatable bonds is 7. The smallest absolute Gasteiger partial charge is 0.257 e. The van der Waals surface area contributed by atoms with Crippen molar-refractivity contribution in [3.8, 4) is 5.75 Å². The van der Waals surface area contributed by atoms with Crippen molar-refractivity contribution >= 4 is 35.0 Å². The monoisotopic (exact) mass is 480 g/mol. The zero-order valence-electron chi connectivity index (χ0n) is 18.4. The number of carbonyl (C=O) groups is 3. The van der Waals surface area contributed by atoms with Gasteiger partial charge in [0.2, 0.25) is 5.91 Å². The summed E-state index contributed by atoms with van der Waals surface area (Å²) in [4.78, 5) is 42.0. The summed E-state index contributed by atoms with van der Waals surface area (Å²) in [5.41, 5.74) is 1.58. The van der Waals surface area contributed by atoms with Crippen molar-refractivity contribution in [3.05, 3.63) is 94.8 Å². The van der Waals surface area contributed by atoms with Gasteiger partial charge in [-0.2, -0.15) is 0 Å². The highest BCUT2D eigenvalue weighted by Crippen LogP contribution is 2.27. The van der Waals surface area contributed by atoms with Crippen molar-refractivity contribution in [2.24, 2.45) is 0 Å². The molecule has 1 aliphatic heterocycles. The van der Waals surface area contributed by atoms with Gasteiger partial charge in [0.25, 0.3) is 11.8 Å². The number of ether oxygens (including phenoxy) is 1. The first-order chi connectivity index (χ1) is 16.4. The second kappa shape index (κ2) is 10.1. The average molecular weight is 481 g/mol. The van der Waals surface area contributed by atoms with Crippen molar-refractivity contribution in [2.75, 3.05) is 18.6 Å². The summed E-state index contributed by atoms with van der Waals surface area (Å²) < 4.78 is 18.5. The molecule has 1 atom stereocenters. The highest BCUT2D eigenvalue weighted by molar-refractivity contribution is 6.30. The molecule has 0 bridgehead atoms. The molecule has 0 radical (unpaired) electrons. The number of carbonyl (C=O) groups excluding carboxylic acids is 3. The number of anilines is 1. The van der Waals surface area contributed by atoms with Crippen LogP contribution >= 0.6 is 11.6 Å². The van der Waals surface area contributed by atoms with E-state index >= 15 is 0 Å². The first-order valence-electron chi connectivity index (χ1n) is 10.7. The van der Waals surface area contributed by atoms with Crippen LogP contribution in [-0.4, -0.2) is 42.3 Å². The number of nitrogens with zero attached hydrogens (tertiary/aromatic N) is 2. The van der Waals surface area contributed by atoms with Crippen LogP contribution in [0, 0.1) is 5.82 Å². The Hall–Kier alpha value is -3.71. The molecule has 1 saturated heterocycles. The van der Waals surface area contributed by atoms with E-state index in [0.717, 1.165) is 10.5 Å². The summed E-state index contributed by atoms with van der Waals surface area (Å²) in [5.74, 6) is -1.10. The van der Waals surface area contributed by atoms with Gasteiger partial charge in [0.1, 0.15) is 17.6 Å². The molecule has 0 spiro atoms. The van der Waals surface area contributed by atoms with Gasteiger partial charge in [-0.25, -0.2) is 9.29 Å². The van der Waals surface area contributed by atoms with Crippen molar-refractivity contribution in [3.63, 3.8) is 0 Å². The number of methoxy groups -OCH3 is 1. The lowest BCUT2D eigenvalue weighted by atomic mass is 10.1. The Balaban J connectivity index is 1.61. The number of imide groups is 1. The van der Waals surface area contributed by atoms with E-state index < -0.39 is 23.7 Å². The van der Waals surface area contributed by atoms with Crippen LogP contribution in [-0.2, 0) is 16.0 Å². The largest absolute Gasteiger partial charge is 0.497 e. The number of halogens is 2. The molecule has 3 aromatic carbocycles. The summed E-state index contributed by atoms with van der Waals surface area (Å²) in [6.07, 6.45) is 0.315. The molecule has 0 N–H and O–H groups in total. The van der Waals surface area contributed by atoms with Gasteiger partial charge in [0.05, 0.1) is 19.2 Å². The molecule has 1 heterocycles. The van der Waals surface area contributed by atoms with Crippen molar-refractivity contribution in [1.29, 1.82) is 0 Å². The van der Waals surface area contributed by atoms with E-state index in [1.54, 1.807) is 31.4 Å². The molecule has 3 aromatic rings. The van der Waals surface area contributed by atoms with Crippen LogP contribution in [0.15, 0.2) is 72.8 Å². The van der Waals surface area contributed by atoms with Crippen LogP contribution in [0.4, 0.5) is 10.1 Å². The fourth-order valence-electron chi connectivity index (χ4n) is 3.92. The molecular formula is C26H22ClFN2O4. The fraction of sp³-hybridized carbons (Fsp3) is 0.192. The third-order valence-corrected chi connectivity index (χ3v) is 5.99. The molecule has 174 valence electrons. The lowest BCUT2D eigenvalue weighted by Crippen LogP contribution is -2.46. The Bertz CT molecular complexity index is 1200. The molecule has 3 amide bonds. The van der Waals surface area contributed by atoms with E-state index in [1.165, 1.54) is 29.2 Å². The summed E-state index contributed by atoms with van der Waals surface area (Å²) in [6.45, 7) is 0.217. The Morgan fingerprint density at radius 2 is 1.68 bits per heavy atom. The predicted molar refractivity (Wildman–Crippen MR) is 126 cm³/mol. The van der Waals surface area contributed by atoms with Crippen LogP contribution in [0.5, 0.6) is 5.75 Å². The maximum absolute atomic E-state index is 13.4. The molecule has 4 rings (SSSR count). The number of hydrogen-bond donors (Lipinski definition) is 0. The van der Waals surface area contributed by atoms with E-state index in [0.29, 0.717) is 22.8 Å². The minimum atomic E-state index is -0.973. The molecule has 1 aliphatic rings. The lowest BCUT2D eigenvalue weighted by Gasteiger charge is -2.28. The van der Waals surface area contributed by atoms with Gasteiger partial charge in [0, 0.05) is 17.1 Å². The van der Waals surface area contributed by atoms with Crippen molar-refractivity contribution < 1.29 is 23.5 Å². The van der Waals surface area contributed by atoms with Gasteiger partial charge >= 0.3 is 0 Å². The quantitative estimate of drug-likeness (QED) is 0.467. The number of hydrogen-bond acceptors (Lipinski definition) is 4. The average Bonchev–Trinajstić information content (AvgIpc) is 3.14. The van der Waals surface area contributed by atoms with E-state index in [9.17, 15) is 18.8 Å². The number of benzene rings is 3. The van der Waals surface area contributed by atoms with Crippen LogP contribution in [0.3, 0.4) is 0 Å². The normalized spacial score (nSPS) is 15.5. The van der Waals surface area contributed by atoms with Gasteiger partial charge in [-0.05, 0) is 72.6 Å². The first kappa shape index (κ1) is 23.4. The van der Waals surface area contributed by atoms with E-state index in [4.69, 9.17) is 16.3 Å². The Morgan fingerprint density at radius 3 is 2.29 bits per heavy atom. The van der Waals surface area contributed by atoms with Gasteiger partial charge in [-0.1, -0.05) is 23.7 Å². The minimum Gasteiger partial charge on any atom is -0.497 e. The van der Waals surface area contributed by atoms with Gasteiger partial charge in [-0.3, -0.25) is 14.4 Å². The second-order valence-corrected chi connectivity index (χ2v) is 8.30. The first-order valence-corrected chi connectivity index (χ1v) is 11.1. The molecule has 34 heavy (non-hydrogen) atoms. The van der Waals surface area contributed by atoms with E-state index in [-0.39, 0.29) is 24.6 Å². The second-order valence-electron chi connectivity index (χ2n) is 7.87. The summed E-state index contributed by atoms with van der Waals surface area (Å²) in [6, 6.07) is 17.9. The lowest BCUT2D eigenvalue weighted by molar-refractivity contribution is -0.122. The standard InChI is InChI=1S/C26H22ClFN2O4/c1-34-22-12-2-17(3-13-22)14-15-29(25(32)18-4-6-19(27)7-5-18)23-16-24(31)30(26(23)33)21-10-8-20(28)9-11-21/h2-13,23H,14-16H2,1H3. The molecule has 0 saturated carbocycles. The molecule has 6 nitrogen and oxygen atoms in total. The molecule has 1 fully saturated rings. The molecular weight excluding hydrogens is 459 g/mol. The maximum Gasteiger partial charge on any atom is 0.257 e. The van der Waals surface area contributed by atoms with Crippen LogP contribution in [0.1, 0.15) is 22.3 Å². The Labute approximate surface area is 201 Å². The van der Waals surface area contributed by atoms with E-state index in [1.807, 2.05) is 24.3 Å². The Morgan fingerprint density at radius 1 is 1.03 bits per heavy atom. The predicted octanol–water partition coefficient (Wildman–Crippen LogP) is 4.50. The topological polar surface area (TPSA) is 66.9 Å². The fourth-order valence-corrected chi connectivity index (χ4v) is 4.05. The van der Waals surface area contributed by atoms with Crippen molar-refractivity contribution in [2.45, 2.75) is 18.9 Å². The van der Waals surface area contributed by atoms with Gasteiger partial charge in [0.15, 0.2) is 0 Å². The zero-order valence-corrected chi connectivity index (χ0v) is 19.2. The third kappa shape index (κ3) is 4.94. The molecule has 8 heteroatoms. The SMILES string of the molecule is COc1ccc(CCN(C(=O)c2ccc(Cl)cc2)C2CC(=O)N(c3ccc(F)cc3)C2=O)cc1. The molecule has 0 aliphatic carbocycles. The highest BCUT2D eigenvalue weighted by atomic mass is 35.5. The Kier molecular flexibility index (Phi) is 6.93. The maximum atomic E-state index is 13.4. The summed E-state index contributed by atoms with van der Waals surface area (Å²) >= 11 is 5.96. The molecule has 0 aromatic heterocycles. The van der Waals surface area contributed by atoms with Crippen LogP contribution in [0.2, 0.25) is 5.02 Å². The zero-order chi connectivity index (χ0) is 24.2. The highest BCUT2D eigenvalue weighted by Gasteiger charge is 2.44. The summed E-state index contributed by atoms with van der Waals surface area (Å²) in [5, 5.41) is 0.482. The van der Waals surface area contributed by atoms with Crippen LogP contribution < -0.4 is 9.64 Å². The van der Waals surface area contributed by atoms with Crippen LogP contribution in [0.25, 0.3) is 0 Å². The van der Waals surface area contributed by atoms with Gasteiger partial charge in [-0.15, -0.1) is 0 Å². The third-order valence-electron chi connectivity index (χ3n) is 5.74.